The first-order valence-electron chi connectivity index (χ1n) is 6.08. The number of methoxy groups -OCH3 is 1. The van der Waals surface area contributed by atoms with Crippen molar-refractivity contribution < 1.29 is 17.5 Å². The molecule has 2 rings (SSSR count). The molecular weight excluding hydrogens is 295 g/mol. The van der Waals surface area contributed by atoms with Crippen molar-refractivity contribution in [1.29, 1.82) is 0 Å². The van der Waals surface area contributed by atoms with E-state index in [1.165, 1.54) is 0 Å². The number of nitrogens with two attached hydrogens (primary N) is 1. The second kappa shape index (κ2) is 6.11. The molecule has 7 heteroatoms. The van der Waals surface area contributed by atoms with Gasteiger partial charge in [0.05, 0.1) is 12.3 Å². The minimum atomic E-state index is -3.87. The summed E-state index contributed by atoms with van der Waals surface area (Å²) in [7, 11) is -2.32. The maximum absolute atomic E-state index is 13.0. The summed E-state index contributed by atoms with van der Waals surface area (Å²) in [6, 6.07) is 9.93. The normalized spacial score (nSPS) is 11.3. The highest BCUT2D eigenvalue weighted by Crippen LogP contribution is 2.22. The zero-order valence-corrected chi connectivity index (χ0v) is 12.2. The molecule has 0 radical (unpaired) electrons. The van der Waals surface area contributed by atoms with Crippen LogP contribution in [0.2, 0.25) is 0 Å². The number of ether oxygens (including phenoxy) is 1. The van der Waals surface area contributed by atoms with E-state index in [-0.39, 0.29) is 10.6 Å². The second-order valence-corrected chi connectivity index (χ2v) is 6.07. The third kappa shape index (κ3) is 3.71. The topological polar surface area (TPSA) is 81.4 Å². The lowest BCUT2D eigenvalue weighted by Crippen LogP contribution is -2.15. The monoisotopic (exact) mass is 310 g/mol. The molecule has 0 atom stereocenters. The van der Waals surface area contributed by atoms with Crippen LogP contribution in [0.4, 0.5) is 15.8 Å². The van der Waals surface area contributed by atoms with Crippen molar-refractivity contribution in [3.63, 3.8) is 0 Å². The second-order valence-electron chi connectivity index (χ2n) is 4.42. The zero-order chi connectivity index (χ0) is 15.5. The van der Waals surface area contributed by atoms with Crippen molar-refractivity contribution in [3.05, 3.63) is 53.8 Å². The summed E-state index contributed by atoms with van der Waals surface area (Å²) < 4.78 is 44.9. The maximum atomic E-state index is 13.0. The fourth-order valence-corrected chi connectivity index (χ4v) is 3.03. The van der Waals surface area contributed by atoms with Gasteiger partial charge in [-0.1, -0.05) is 12.1 Å². The fourth-order valence-electron chi connectivity index (χ4n) is 1.87. The lowest BCUT2D eigenvalue weighted by molar-refractivity contribution is 0.185. The van der Waals surface area contributed by atoms with Crippen LogP contribution in [-0.4, -0.2) is 15.5 Å². The predicted octanol–water partition coefficient (Wildman–Crippen LogP) is 2.36. The largest absolute Gasteiger partial charge is 0.398 e. The van der Waals surface area contributed by atoms with E-state index in [4.69, 9.17) is 10.5 Å². The number of rotatable bonds is 5. The van der Waals surface area contributed by atoms with Crippen molar-refractivity contribution in [2.75, 3.05) is 17.6 Å². The molecule has 0 unspecified atom stereocenters. The molecule has 21 heavy (non-hydrogen) atoms. The smallest absolute Gasteiger partial charge is 0.263 e. The Morgan fingerprint density at radius 2 is 2.00 bits per heavy atom. The minimum Gasteiger partial charge on any atom is -0.398 e. The summed E-state index contributed by atoms with van der Waals surface area (Å²) in [5, 5.41) is 0. The highest BCUT2D eigenvalue weighted by atomic mass is 32.2. The Morgan fingerprint density at radius 3 is 2.67 bits per heavy atom. The van der Waals surface area contributed by atoms with Gasteiger partial charge in [-0.15, -0.1) is 0 Å². The van der Waals surface area contributed by atoms with E-state index in [9.17, 15) is 12.8 Å². The van der Waals surface area contributed by atoms with Crippen molar-refractivity contribution in [2.24, 2.45) is 0 Å². The van der Waals surface area contributed by atoms with Gasteiger partial charge in [-0.2, -0.15) is 0 Å². The number of nitrogen functional groups attached to an aromatic ring is 1. The molecular formula is C14H15FN2O3S. The van der Waals surface area contributed by atoms with Crippen LogP contribution in [-0.2, 0) is 21.4 Å². The number of hydrogen-bond acceptors (Lipinski definition) is 4. The van der Waals surface area contributed by atoms with Crippen LogP contribution >= 0.6 is 0 Å². The quantitative estimate of drug-likeness (QED) is 0.831. The molecule has 3 N–H and O–H groups in total. The molecule has 0 spiro atoms. The van der Waals surface area contributed by atoms with E-state index in [0.29, 0.717) is 12.3 Å². The van der Waals surface area contributed by atoms with Crippen LogP contribution < -0.4 is 10.5 Å². The van der Waals surface area contributed by atoms with E-state index < -0.39 is 15.8 Å². The SMILES string of the molecule is COCc1cccc(NS(=O)(=O)c2ccc(F)cc2N)c1. The van der Waals surface area contributed by atoms with Gasteiger partial charge in [0.25, 0.3) is 10.0 Å². The average molecular weight is 310 g/mol. The Morgan fingerprint density at radius 1 is 1.24 bits per heavy atom. The lowest BCUT2D eigenvalue weighted by Gasteiger charge is -2.11. The number of benzene rings is 2. The summed E-state index contributed by atoms with van der Waals surface area (Å²) >= 11 is 0. The lowest BCUT2D eigenvalue weighted by atomic mass is 10.2. The molecule has 0 fully saturated rings. The summed E-state index contributed by atoms with van der Waals surface area (Å²) in [5.41, 5.74) is 6.62. The van der Waals surface area contributed by atoms with Crippen LogP contribution in [0, 0.1) is 5.82 Å². The van der Waals surface area contributed by atoms with Crippen LogP contribution in [0.5, 0.6) is 0 Å². The van der Waals surface area contributed by atoms with E-state index in [1.807, 2.05) is 6.07 Å². The molecule has 0 saturated heterocycles. The average Bonchev–Trinajstić information content (AvgIpc) is 2.38. The number of hydrogen-bond donors (Lipinski definition) is 2. The number of sulfonamides is 1. The summed E-state index contributed by atoms with van der Waals surface area (Å²) in [6.07, 6.45) is 0. The van der Waals surface area contributed by atoms with Gasteiger partial charge in [0.2, 0.25) is 0 Å². The Bertz CT molecular complexity index is 748. The molecule has 2 aromatic carbocycles. The van der Waals surface area contributed by atoms with E-state index in [1.54, 1.807) is 25.3 Å². The molecule has 0 amide bonds. The van der Waals surface area contributed by atoms with Gasteiger partial charge in [0, 0.05) is 12.8 Å². The molecule has 0 aliphatic carbocycles. The number of halogens is 1. The van der Waals surface area contributed by atoms with Crippen LogP contribution in [0.1, 0.15) is 5.56 Å². The Labute approximate surface area is 122 Å². The summed E-state index contributed by atoms with van der Waals surface area (Å²) in [6.45, 7) is 0.369. The van der Waals surface area contributed by atoms with Crippen LogP contribution in [0.15, 0.2) is 47.4 Å². The molecule has 0 bridgehead atoms. The fraction of sp³-hybridized carbons (Fsp3) is 0.143. The first-order valence-corrected chi connectivity index (χ1v) is 7.56. The minimum absolute atomic E-state index is 0.143. The van der Waals surface area contributed by atoms with Crippen molar-refractivity contribution in [2.45, 2.75) is 11.5 Å². The molecule has 5 nitrogen and oxygen atoms in total. The van der Waals surface area contributed by atoms with E-state index in [0.717, 1.165) is 23.8 Å². The third-order valence-corrected chi connectivity index (χ3v) is 4.21. The van der Waals surface area contributed by atoms with Gasteiger partial charge in [-0.25, -0.2) is 12.8 Å². The first-order chi connectivity index (χ1) is 9.92. The number of anilines is 2. The highest BCUT2D eigenvalue weighted by molar-refractivity contribution is 7.92. The van der Waals surface area contributed by atoms with E-state index >= 15 is 0 Å². The Kier molecular flexibility index (Phi) is 4.44. The number of nitrogens with one attached hydrogen (secondary N) is 1. The van der Waals surface area contributed by atoms with Crippen molar-refractivity contribution in [3.8, 4) is 0 Å². The summed E-state index contributed by atoms with van der Waals surface area (Å²) in [4.78, 5) is -0.166. The summed E-state index contributed by atoms with van der Waals surface area (Å²) in [5.74, 6) is -0.589. The van der Waals surface area contributed by atoms with Gasteiger partial charge in [-0.05, 0) is 35.9 Å². The molecule has 0 aliphatic heterocycles. The standard InChI is InChI=1S/C14H15FN2O3S/c1-20-9-10-3-2-4-12(7-10)17-21(18,19)14-6-5-11(15)8-13(14)16/h2-8,17H,9,16H2,1H3. The highest BCUT2D eigenvalue weighted by Gasteiger charge is 2.18. The molecule has 0 saturated carbocycles. The molecule has 0 aliphatic rings. The van der Waals surface area contributed by atoms with Crippen LogP contribution in [0.3, 0.4) is 0 Å². The molecule has 2 aromatic rings. The third-order valence-electron chi connectivity index (χ3n) is 2.75. The Balaban J connectivity index is 2.31. The van der Waals surface area contributed by atoms with Crippen molar-refractivity contribution in [1.82, 2.24) is 0 Å². The van der Waals surface area contributed by atoms with E-state index in [2.05, 4.69) is 4.72 Å². The van der Waals surface area contributed by atoms with Crippen LogP contribution in [0.25, 0.3) is 0 Å². The van der Waals surface area contributed by atoms with Gasteiger partial charge in [0.1, 0.15) is 10.7 Å². The predicted molar refractivity (Wildman–Crippen MR) is 78.8 cm³/mol. The molecule has 112 valence electrons. The first kappa shape index (κ1) is 15.3. The maximum Gasteiger partial charge on any atom is 0.263 e. The van der Waals surface area contributed by atoms with Crippen molar-refractivity contribution >= 4 is 21.4 Å². The van der Waals surface area contributed by atoms with Gasteiger partial charge in [-0.3, -0.25) is 4.72 Å². The van der Waals surface area contributed by atoms with Gasteiger partial charge in [0.15, 0.2) is 0 Å². The molecule has 0 aromatic heterocycles. The van der Waals surface area contributed by atoms with Gasteiger partial charge < -0.3 is 10.5 Å². The zero-order valence-electron chi connectivity index (χ0n) is 11.3. The Hall–Kier alpha value is -2.12. The van der Waals surface area contributed by atoms with Gasteiger partial charge >= 0.3 is 0 Å². The molecule has 0 heterocycles.